The van der Waals surface area contributed by atoms with Crippen molar-refractivity contribution >= 4 is 5.78 Å². The molecule has 0 aliphatic rings. The van der Waals surface area contributed by atoms with Crippen LogP contribution in [0, 0.1) is 0 Å². The highest BCUT2D eigenvalue weighted by Crippen LogP contribution is 2.09. The molecule has 4 nitrogen and oxygen atoms in total. The highest BCUT2D eigenvalue weighted by Gasteiger charge is 2.25. The summed E-state index contributed by atoms with van der Waals surface area (Å²) in [6.07, 6.45) is 4.10. The molecule has 0 unspecified atom stereocenters. The second-order valence-electron chi connectivity index (χ2n) is 3.02. The molecule has 0 fully saturated rings. The molecule has 1 N–H and O–H groups in total. The lowest BCUT2D eigenvalue weighted by atomic mass is 9.99. The van der Waals surface area contributed by atoms with E-state index in [1.54, 1.807) is 0 Å². The summed E-state index contributed by atoms with van der Waals surface area (Å²) in [6.45, 7) is 2.87. The first-order valence-corrected chi connectivity index (χ1v) is 3.54. The zero-order chi connectivity index (χ0) is 9.19. The van der Waals surface area contributed by atoms with Crippen molar-refractivity contribution < 1.29 is 9.90 Å². The van der Waals surface area contributed by atoms with E-state index in [1.807, 2.05) is 0 Å². The molecular weight excluding hydrogens is 156 g/mol. The molecule has 1 heterocycles. The minimum Gasteiger partial charge on any atom is -0.382 e. The van der Waals surface area contributed by atoms with Gasteiger partial charge in [-0.3, -0.25) is 4.79 Å². The minimum absolute atomic E-state index is 0.324. The molecule has 0 radical (unpaired) electrons. The van der Waals surface area contributed by atoms with Crippen molar-refractivity contribution in [2.45, 2.75) is 19.4 Å². The molecule has 4 heteroatoms. The first kappa shape index (κ1) is 8.80. The van der Waals surface area contributed by atoms with Gasteiger partial charge in [-0.2, -0.15) is 0 Å². The maximum atomic E-state index is 11.3. The first-order chi connectivity index (χ1) is 5.52. The smallest absolute Gasteiger partial charge is 0.196 e. The zero-order valence-corrected chi connectivity index (χ0v) is 6.98. The predicted octanol–water partition coefficient (Wildman–Crippen LogP) is 0.430. The Labute approximate surface area is 70.3 Å². The Hall–Kier alpha value is -1.29. The normalized spacial score (nSPS) is 11.2. The van der Waals surface area contributed by atoms with Crippen LogP contribution in [0.5, 0.6) is 0 Å². The molecule has 0 aliphatic heterocycles. The molecule has 64 valence electrons. The number of aromatic nitrogens is 2. The number of carbonyl (C=O) groups is 1. The van der Waals surface area contributed by atoms with Gasteiger partial charge in [-0.05, 0) is 13.8 Å². The van der Waals surface area contributed by atoms with Gasteiger partial charge in [0.15, 0.2) is 5.78 Å². The quantitative estimate of drug-likeness (QED) is 0.647. The second-order valence-corrected chi connectivity index (χ2v) is 3.02. The number of ketones is 1. The number of Topliss-reactive ketones (excluding diaryl/α,β-unsaturated/α-hetero) is 1. The van der Waals surface area contributed by atoms with Crippen LogP contribution in [0.1, 0.15) is 24.2 Å². The average molecular weight is 166 g/mol. The first-order valence-electron chi connectivity index (χ1n) is 3.54. The van der Waals surface area contributed by atoms with Crippen molar-refractivity contribution in [3.05, 3.63) is 24.3 Å². The summed E-state index contributed by atoms with van der Waals surface area (Å²) in [4.78, 5) is 18.7. The summed E-state index contributed by atoms with van der Waals surface area (Å²) in [7, 11) is 0. The standard InChI is InChI=1S/C8H10N2O2/c1-8(2,12)7(11)6-3-9-5-10-4-6/h3-5,12H,1-2H3. The fraction of sp³-hybridized carbons (Fsp3) is 0.375. The Kier molecular flexibility index (Phi) is 2.19. The van der Waals surface area contributed by atoms with E-state index in [4.69, 9.17) is 0 Å². The van der Waals surface area contributed by atoms with Crippen molar-refractivity contribution in [2.75, 3.05) is 0 Å². The van der Waals surface area contributed by atoms with E-state index in [2.05, 4.69) is 9.97 Å². The maximum Gasteiger partial charge on any atom is 0.196 e. The largest absolute Gasteiger partial charge is 0.382 e. The molecule has 0 bridgehead atoms. The molecule has 0 spiro atoms. The molecule has 0 saturated heterocycles. The van der Waals surface area contributed by atoms with Gasteiger partial charge >= 0.3 is 0 Å². The van der Waals surface area contributed by atoms with Gasteiger partial charge in [0, 0.05) is 12.4 Å². The third-order valence-electron chi connectivity index (χ3n) is 1.38. The second kappa shape index (κ2) is 2.98. The predicted molar refractivity (Wildman–Crippen MR) is 42.7 cm³/mol. The summed E-state index contributed by atoms with van der Waals surface area (Å²) in [5, 5.41) is 9.33. The fourth-order valence-corrected chi connectivity index (χ4v) is 0.770. The Bertz CT molecular complexity index is 277. The topological polar surface area (TPSA) is 63.1 Å². The highest BCUT2D eigenvalue weighted by atomic mass is 16.3. The van der Waals surface area contributed by atoms with Crippen LogP contribution in [0.2, 0.25) is 0 Å². The lowest BCUT2D eigenvalue weighted by Crippen LogP contribution is -2.31. The molecule has 0 atom stereocenters. The van der Waals surface area contributed by atoms with E-state index in [0.717, 1.165) is 0 Å². The van der Waals surface area contributed by atoms with Gasteiger partial charge in [0.1, 0.15) is 11.9 Å². The van der Waals surface area contributed by atoms with E-state index in [0.29, 0.717) is 5.56 Å². The van der Waals surface area contributed by atoms with Crippen LogP contribution in [0.15, 0.2) is 18.7 Å². The van der Waals surface area contributed by atoms with E-state index in [1.165, 1.54) is 32.6 Å². The Morgan fingerprint density at radius 2 is 1.92 bits per heavy atom. The monoisotopic (exact) mass is 166 g/mol. The minimum atomic E-state index is -1.36. The van der Waals surface area contributed by atoms with Crippen molar-refractivity contribution in [2.24, 2.45) is 0 Å². The lowest BCUT2D eigenvalue weighted by molar-refractivity contribution is 0.0487. The number of rotatable bonds is 2. The molecule has 1 aromatic heterocycles. The SMILES string of the molecule is CC(C)(O)C(=O)c1cncnc1. The summed E-state index contributed by atoms with van der Waals surface area (Å²) in [5.41, 5.74) is -1.03. The third kappa shape index (κ3) is 1.85. The molecule has 1 rings (SSSR count). The van der Waals surface area contributed by atoms with Crippen LogP contribution in [-0.2, 0) is 0 Å². The average Bonchev–Trinajstić information content (AvgIpc) is 2.03. The summed E-state index contributed by atoms with van der Waals surface area (Å²) in [5.74, 6) is -0.372. The maximum absolute atomic E-state index is 11.3. The van der Waals surface area contributed by atoms with Gasteiger partial charge < -0.3 is 5.11 Å². The van der Waals surface area contributed by atoms with E-state index in [9.17, 15) is 9.90 Å². The van der Waals surface area contributed by atoms with Crippen LogP contribution in [0.25, 0.3) is 0 Å². The van der Waals surface area contributed by atoms with Gasteiger partial charge in [-0.15, -0.1) is 0 Å². The van der Waals surface area contributed by atoms with Crippen LogP contribution >= 0.6 is 0 Å². The van der Waals surface area contributed by atoms with Crippen LogP contribution in [0.4, 0.5) is 0 Å². The molecule has 0 amide bonds. The highest BCUT2D eigenvalue weighted by molar-refractivity contribution is 6.01. The molecule has 0 saturated carbocycles. The molecular formula is C8H10N2O2. The number of aliphatic hydroxyl groups is 1. The Balaban J connectivity index is 2.94. The van der Waals surface area contributed by atoms with Gasteiger partial charge in [0.05, 0.1) is 5.56 Å². The van der Waals surface area contributed by atoms with Gasteiger partial charge in [0.2, 0.25) is 0 Å². The van der Waals surface area contributed by atoms with Gasteiger partial charge in [-0.25, -0.2) is 9.97 Å². The van der Waals surface area contributed by atoms with Crippen LogP contribution in [-0.4, -0.2) is 26.5 Å². The summed E-state index contributed by atoms with van der Waals surface area (Å²) >= 11 is 0. The van der Waals surface area contributed by atoms with E-state index < -0.39 is 5.60 Å². The Morgan fingerprint density at radius 3 is 2.33 bits per heavy atom. The number of hydrogen-bond acceptors (Lipinski definition) is 4. The number of hydrogen-bond donors (Lipinski definition) is 1. The van der Waals surface area contributed by atoms with Crippen molar-refractivity contribution in [3.8, 4) is 0 Å². The van der Waals surface area contributed by atoms with E-state index in [-0.39, 0.29) is 5.78 Å². The van der Waals surface area contributed by atoms with Crippen molar-refractivity contribution in [3.63, 3.8) is 0 Å². The van der Waals surface area contributed by atoms with Crippen molar-refractivity contribution in [1.82, 2.24) is 9.97 Å². The fourth-order valence-electron chi connectivity index (χ4n) is 0.770. The van der Waals surface area contributed by atoms with E-state index >= 15 is 0 Å². The third-order valence-corrected chi connectivity index (χ3v) is 1.38. The Morgan fingerprint density at radius 1 is 1.42 bits per heavy atom. The number of nitrogens with zero attached hydrogens (tertiary/aromatic N) is 2. The molecule has 0 aliphatic carbocycles. The lowest BCUT2D eigenvalue weighted by Gasteiger charge is -2.14. The zero-order valence-electron chi connectivity index (χ0n) is 6.98. The molecule has 0 aromatic carbocycles. The van der Waals surface area contributed by atoms with Crippen LogP contribution < -0.4 is 0 Å². The molecule has 12 heavy (non-hydrogen) atoms. The summed E-state index contributed by atoms with van der Waals surface area (Å²) in [6, 6.07) is 0. The summed E-state index contributed by atoms with van der Waals surface area (Å²) < 4.78 is 0. The van der Waals surface area contributed by atoms with Gasteiger partial charge in [0.25, 0.3) is 0 Å². The number of carbonyl (C=O) groups excluding carboxylic acids is 1. The van der Waals surface area contributed by atoms with Crippen molar-refractivity contribution in [1.29, 1.82) is 0 Å². The van der Waals surface area contributed by atoms with Crippen LogP contribution in [0.3, 0.4) is 0 Å². The molecule has 1 aromatic rings. The van der Waals surface area contributed by atoms with Gasteiger partial charge in [-0.1, -0.05) is 0 Å².